The summed E-state index contributed by atoms with van der Waals surface area (Å²) >= 11 is 0. The highest BCUT2D eigenvalue weighted by Crippen LogP contribution is 2.56. The highest BCUT2D eigenvalue weighted by Gasteiger charge is 2.63. The van der Waals surface area contributed by atoms with Crippen molar-refractivity contribution >= 4 is 0 Å². The Morgan fingerprint density at radius 1 is 0.923 bits per heavy atom. The van der Waals surface area contributed by atoms with E-state index in [1.54, 1.807) is 6.92 Å². The number of ether oxygens (including phenoxy) is 3. The van der Waals surface area contributed by atoms with Gasteiger partial charge in [0.05, 0.1) is 6.10 Å². The first-order chi connectivity index (χ1) is 12.2. The normalized spacial score (nSPS) is 57.5. The van der Waals surface area contributed by atoms with Crippen LogP contribution in [0, 0.1) is 29.6 Å². The first kappa shape index (κ1) is 19.1. The molecule has 4 aliphatic rings. The average Bonchev–Trinajstić information content (AvgIpc) is 2.91. The summed E-state index contributed by atoms with van der Waals surface area (Å²) < 4.78 is 18.6. The van der Waals surface area contributed by atoms with Crippen molar-refractivity contribution in [3.05, 3.63) is 0 Å². The van der Waals surface area contributed by atoms with Crippen molar-refractivity contribution in [2.45, 2.75) is 103 Å². The van der Waals surface area contributed by atoms with Gasteiger partial charge in [-0.3, -0.25) is 0 Å². The summed E-state index contributed by atoms with van der Waals surface area (Å²) in [6, 6.07) is 0. The van der Waals surface area contributed by atoms with Crippen LogP contribution in [0.4, 0.5) is 0 Å². The summed E-state index contributed by atoms with van der Waals surface area (Å²) in [5, 5.41) is 22.5. The first-order valence-corrected chi connectivity index (χ1v) is 10.7. The third kappa shape index (κ3) is 3.04. The van der Waals surface area contributed by atoms with Crippen LogP contribution in [0.3, 0.4) is 0 Å². The second-order valence-corrected chi connectivity index (χ2v) is 9.76. The summed E-state index contributed by atoms with van der Waals surface area (Å²) in [4.78, 5) is 0. The molecule has 2 saturated heterocycles. The predicted molar refractivity (Wildman–Crippen MR) is 97.0 cm³/mol. The molecule has 0 aromatic heterocycles. The fourth-order valence-electron chi connectivity index (χ4n) is 6.18. The molecule has 6 unspecified atom stereocenters. The molecule has 150 valence electrons. The van der Waals surface area contributed by atoms with Gasteiger partial charge in [0, 0.05) is 18.3 Å². The van der Waals surface area contributed by atoms with Gasteiger partial charge >= 0.3 is 0 Å². The van der Waals surface area contributed by atoms with Gasteiger partial charge in [-0.25, -0.2) is 0 Å². The molecular weight excluding hydrogens is 332 g/mol. The van der Waals surface area contributed by atoms with E-state index < -0.39 is 17.7 Å². The van der Waals surface area contributed by atoms with Crippen LogP contribution in [0.15, 0.2) is 0 Å². The largest absolute Gasteiger partial charge is 0.384 e. The molecule has 5 nitrogen and oxygen atoms in total. The van der Waals surface area contributed by atoms with Gasteiger partial charge in [-0.1, -0.05) is 27.2 Å². The van der Waals surface area contributed by atoms with E-state index in [2.05, 4.69) is 20.8 Å². The maximum atomic E-state index is 11.8. The van der Waals surface area contributed by atoms with E-state index in [9.17, 15) is 10.2 Å². The Morgan fingerprint density at radius 3 is 2.38 bits per heavy atom. The molecule has 0 radical (unpaired) electrons. The van der Waals surface area contributed by atoms with Gasteiger partial charge in [0.2, 0.25) is 0 Å². The molecule has 2 saturated carbocycles. The second kappa shape index (κ2) is 6.70. The summed E-state index contributed by atoms with van der Waals surface area (Å²) in [6.07, 6.45) is 5.85. The standard InChI is InChI=1S/C21H36O5/c1-12-8-9-16-14(3)18(24-17-7-5-6-13(17)2)25-19-21(16,23)15(12)10-11-20(4,22)26-19/h12-19,22-23H,5-11H2,1-4H3/t12-,13?,14-,15?,16?,17?,18?,19-,20?,21-/m1/s1. The Hall–Kier alpha value is -0.200. The van der Waals surface area contributed by atoms with Crippen molar-refractivity contribution in [1.29, 1.82) is 0 Å². The Morgan fingerprint density at radius 2 is 1.69 bits per heavy atom. The maximum absolute atomic E-state index is 11.8. The van der Waals surface area contributed by atoms with E-state index in [1.165, 1.54) is 12.8 Å². The molecule has 4 rings (SSSR count). The smallest absolute Gasteiger partial charge is 0.193 e. The van der Waals surface area contributed by atoms with Gasteiger partial charge in [0.15, 0.2) is 18.4 Å². The monoisotopic (exact) mass is 368 g/mol. The molecule has 4 fully saturated rings. The van der Waals surface area contributed by atoms with Gasteiger partial charge in [-0.15, -0.1) is 0 Å². The fourth-order valence-corrected chi connectivity index (χ4v) is 6.18. The quantitative estimate of drug-likeness (QED) is 0.782. The van der Waals surface area contributed by atoms with Crippen molar-refractivity contribution in [2.24, 2.45) is 29.6 Å². The Balaban J connectivity index is 1.62. The fraction of sp³-hybridized carbons (Fsp3) is 1.00. The lowest BCUT2D eigenvalue weighted by Gasteiger charge is -2.57. The zero-order valence-electron chi connectivity index (χ0n) is 16.7. The van der Waals surface area contributed by atoms with Gasteiger partial charge in [-0.2, -0.15) is 0 Å². The Bertz CT molecular complexity index is 523. The van der Waals surface area contributed by atoms with Crippen molar-refractivity contribution < 1.29 is 24.4 Å². The molecule has 0 amide bonds. The van der Waals surface area contributed by atoms with Crippen LogP contribution in [-0.4, -0.2) is 40.3 Å². The number of rotatable bonds is 2. The van der Waals surface area contributed by atoms with Gasteiger partial charge in [0.1, 0.15) is 5.60 Å². The van der Waals surface area contributed by atoms with Crippen LogP contribution in [0.1, 0.15) is 72.6 Å². The van der Waals surface area contributed by atoms with Crippen molar-refractivity contribution in [3.63, 3.8) is 0 Å². The van der Waals surface area contributed by atoms with Crippen LogP contribution < -0.4 is 0 Å². The van der Waals surface area contributed by atoms with E-state index in [0.717, 1.165) is 25.7 Å². The maximum Gasteiger partial charge on any atom is 0.193 e. The molecule has 2 N–H and O–H groups in total. The third-order valence-electron chi connectivity index (χ3n) is 7.88. The molecule has 0 aromatic rings. The average molecular weight is 369 g/mol. The second-order valence-electron chi connectivity index (χ2n) is 9.76. The van der Waals surface area contributed by atoms with E-state index >= 15 is 0 Å². The van der Waals surface area contributed by atoms with Crippen LogP contribution in [0.2, 0.25) is 0 Å². The molecule has 10 atom stereocenters. The van der Waals surface area contributed by atoms with Crippen LogP contribution in [-0.2, 0) is 14.2 Å². The Labute approximate surface area is 157 Å². The van der Waals surface area contributed by atoms with Crippen LogP contribution in [0.5, 0.6) is 0 Å². The van der Waals surface area contributed by atoms with Crippen LogP contribution in [0.25, 0.3) is 0 Å². The number of hydrogen-bond acceptors (Lipinski definition) is 5. The molecule has 2 aliphatic carbocycles. The van der Waals surface area contributed by atoms with Gasteiger partial charge < -0.3 is 24.4 Å². The number of hydrogen-bond donors (Lipinski definition) is 2. The van der Waals surface area contributed by atoms with E-state index in [4.69, 9.17) is 14.2 Å². The molecule has 2 heterocycles. The van der Waals surface area contributed by atoms with Gasteiger partial charge in [-0.05, 0) is 56.8 Å². The van der Waals surface area contributed by atoms with Crippen molar-refractivity contribution in [3.8, 4) is 0 Å². The molecule has 0 spiro atoms. The summed E-state index contributed by atoms with van der Waals surface area (Å²) in [5.41, 5.74) is -1.04. The van der Waals surface area contributed by atoms with Crippen molar-refractivity contribution in [2.75, 3.05) is 0 Å². The topological polar surface area (TPSA) is 68.2 Å². The zero-order valence-corrected chi connectivity index (χ0v) is 16.7. The molecule has 26 heavy (non-hydrogen) atoms. The minimum Gasteiger partial charge on any atom is -0.384 e. The zero-order chi connectivity index (χ0) is 18.7. The van der Waals surface area contributed by atoms with Gasteiger partial charge in [0.25, 0.3) is 0 Å². The molecule has 0 bridgehead atoms. The minimum absolute atomic E-state index is 0.0815. The first-order valence-electron chi connectivity index (χ1n) is 10.7. The molecule has 0 aromatic carbocycles. The highest BCUT2D eigenvalue weighted by molar-refractivity contribution is 5.07. The molecule has 5 heteroatoms. The van der Waals surface area contributed by atoms with Crippen LogP contribution >= 0.6 is 0 Å². The molecular formula is C21H36O5. The minimum atomic E-state index is -1.27. The SMILES string of the molecule is CC1CCCC1OC1O[C@@H]2OC(C)(O)CCC3[C@H](C)CCC([C@H]1C)[C@]32O. The van der Waals surface area contributed by atoms with E-state index in [-0.39, 0.29) is 30.1 Å². The molecule has 2 aliphatic heterocycles. The summed E-state index contributed by atoms with van der Waals surface area (Å²) in [6.45, 7) is 8.29. The predicted octanol–water partition coefficient (Wildman–Crippen LogP) is 3.42. The Kier molecular flexibility index (Phi) is 4.93. The lowest BCUT2D eigenvalue weighted by atomic mass is 9.58. The number of aliphatic hydroxyl groups is 2. The summed E-state index contributed by atoms with van der Waals surface area (Å²) in [5.74, 6) is -0.0330. The third-order valence-corrected chi connectivity index (χ3v) is 7.88. The van der Waals surface area contributed by atoms with E-state index in [1.807, 2.05) is 0 Å². The summed E-state index contributed by atoms with van der Waals surface area (Å²) in [7, 11) is 0. The van der Waals surface area contributed by atoms with E-state index in [0.29, 0.717) is 18.3 Å². The highest BCUT2D eigenvalue weighted by atomic mass is 16.8. The lowest BCUT2D eigenvalue weighted by molar-refractivity contribution is -0.412. The lowest BCUT2D eigenvalue weighted by Crippen LogP contribution is -2.67. The van der Waals surface area contributed by atoms with Crippen molar-refractivity contribution in [1.82, 2.24) is 0 Å².